The van der Waals surface area contributed by atoms with E-state index in [1.165, 1.54) is 19.2 Å². The van der Waals surface area contributed by atoms with E-state index in [1.54, 1.807) is 30.3 Å². The molecule has 0 aliphatic heterocycles. The van der Waals surface area contributed by atoms with Crippen LogP contribution in [0.1, 0.15) is 23.0 Å². The molecule has 0 aromatic heterocycles. The van der Waals surface area contributed by atoms with E-state index in [2.05, 4.69) is 0 Å². The Kier molecular flexibility index (Phi) is 4.35. The summed E-state index contributed by atoms with van der Waals surface area (Å²) >= 11 is 0. The van der Waals surface area contributed by atoms with E-state index in [9.17, 15) is 19.2 Å². The molecule has 1 aliphatic rings. The van der Waals surface area contributed by atoms with Crippen molar-refractivity contribution in [1.29, 1.82) is 0 Å². The summed E-state index contributed by atoms with van der Waals surface area (Å²) in [6.45, 7) is 0. The fourth-order valence-electron chi connectivity index (χ4n) is 3.60. The van der Waals surface area contributed by atoms with Crippen molar-refractivity contribution in [3.63, 3.8) is 0 Å². The zero-order chi connectivity index (χ0) is 19.8. The molecule has 1 saturated carbocycles. The normalized spacial score (nSPS) is 19.9. The van der Waals surface area contributed by atoms with E-state index in [0.717, 1.165) is 10.8 Å². The Morgan fingerprint density at radius 1 is 0.607 bits per heavy atom. The van der Waals surface area contributed by atoms with Crippen LogP contribution in [0.4, 0.5) is 0 Å². The molecule has 0 bridgehead atoms. The van der Waals surface area contributed by atoms with Crippen molar-refractivity contribution in [2.45, 2.75) is 11.8 Å². The Morgan fingerprint density at radius 2 is 1.11 bits per heavy atom. The molecule has 28 heavy (non-hydrogen) atoms. The van der Waals surface area contributed by atoms with E-state index in [1.807, 2.05) is 24.3 Å². The van der Waals surface area contributed by atoms with Crippen LogP contribution >= 0.6 is 0 Å². The molecule has 3 aromatic carbocycles. The van der Waals surface area contributed by atoms with Gasteiger partial charge in [0.1, 0.15) is 17.6 Å². The largest absolute Gasteiger partial charge is 0.497 e. The maximum Gasteiger partial charge on any atom is 0.214 e. The topological polar surface area (TPSA) is 77.5 Å². The quantitative estimate of drug-likeness (QED) is 0.522. The van der Waals surface area contributed by atoms with Gasteiger partial charge in [0.25, 0.3) is 0 Å². The van der Waals surface area contributed by atoms with Gasteiger partial charge >= 0.3 is 0 Å². The van der Waals surface area contributed by atoms with Crippen LogP contribution in [0.5, 0.6) is 5.75 Å². The van der Waals surface area contributed by atoms with Gasteiger partial charge in [0.2, 0.25) is 23.1 Å². The van der Waals surface area contributed by atoms with Crippen molar-refractivity contribution < 1.29 is 23.9 Å². The first-order chi connectivity index (χ1) is 13.5. The maximum absolute atomic E-state index is 12.8. The molecule has 0 unspecified atom stereocenters. The summed E-state index contributed by atoms with van der Waals surface area (Å²) in [6, 6.07) is 18.8. The van der Waals surface area contributed by atoms with Crippen LogP contribution in [-0.2, 0) is 19.2 Å². The second kappa shape index (κ2) is 6.85. The van der Waals surface area contributed by atoms with Gasteiger partial charge in [-0.1, -0.05) is 48.5 Å². The maximum atomic E-state index is 12.8. The monoisotopic (exact) mass is 372 g/mol. The van der Waals surface area contributed by atoms with Gasteiger partial charge in [-0.05, 0) is 40.1 Å². The Hall–Kier alpha value is -3.60. The molecular formula is C23H16O5. The Balaban J connectivity index is 1.72. The van der Waals surface area contributed by atoms with Gasteiger partial charge in [-0.3, -0.25) is 19.2 Å². The Bertz CT molecular complexity index is 1100. The zero-order valence-electron chi connectivity index (χ0n) is 15.0. The molecule has 0 spiro atoms. The molecular weight excluding hydrogens is 356 g/mol. The third-order valence-electron chi connectivity index (χ3n) is 5.09. The molecule has 3 aromatic rings. The lowest BCUT2D eigenvalue weighted by Crippen LogP contribution is -2.46. The van der Waals surface area contributed by atoms with Gasteiger partial charge in [0.05, 0.1) is 7.11 Å². The van der Waals surface area contributed by atoms with Gasteiger partial charge < -0.3 is 4.74 Å². The zero-order valence-corrected chi connectivity index (χ0v) is 15.0. The number of hydrogen-bond acceptors (Lipinski definition) is 5. The first-order valence-electron chi connectivity index (χ1n) is 8.80. The fraction of sp³-hybridized carbons (Fsp3) is 0.130. The van der Waals surface area contributed by atoms with Gasteiger partial charge in [0, 0.05) is 0 Å². The highest BCUT2D eigenvalue weighted by Crippen LogP contribution is 2.33. The third-order valence-corrected chi connectivity index (χ3v) is 5.09. The highest BCUT2D eigenvalue weighted by atomic mass is 16.5. The first-order valence-corrected chi connectivity index (χ1v) is 8.80. The number of rotatable bonds is 3. The number of Topliss-reactive ketones (excluding diaryl/α,β-unsaturated/α-hetero) is 4. The number of ketones is 4. The van der Waals surface area contributed by atoms with Crippen LogP contribution in [0.15, 0.2) is 66.7 Å². The predicted octanol–water partition coefficient (Wildman–Crippen LogP) is 3.01. The molecule has 0 N–H and O–H groups in total. The molecule has 0 radical (unpaired) electrons. The molecule has 1 aliphatic carbocycles. The predicted molar refractivity (Wildman–Crippen MR) is 102 cm³/mol. The van der Waals surface area contributed by atoms with Crippen molar-refractivity contribution in [2.24, 2.45) is 0 Å². The number of methoxy groups -OCH3 is 1. The van der Waals surface area contributed by atoms with E-state index in [-0.39, 0.29) is 0 Å². The summed E-state index contributed by atoms with van der Waals surface area (Å²) in [7, 11) is 1.49. The summed E-state index contributed by atoms with van der Waals surface area (Å²) in [5.74, 6) is -5.62. The smallest absolute Gasteiger partial charge is 0.214 e. The van der Waals surface area contributed by atoms with Crippen LogP contribution in [0.2, 0.25) is 0 Å². The van der Waals surface area contributed by atoms with Crippen LogP contribution in [0.25, 0.3) is 10.8 Å². The molecule has 4 rings (SSSR count). The number of benzene rings is 3. The highest BCUT2D eigenvalue weighted by molar-refractivity contribution is 6.63. The first kappa shape index (κ1) is 17.8. The minimum absolute atomic E-state index is 0.314. The molecule has 0 heterocycles. The average molecular weight is 372 g/mol. The third kappa shape index (κ3) is 2.81. The molecule has 1 fully saturated rings. The summed E-state index contributed by atoms with van der Waals surface area (Å²) in [4.78, 5) is 51.0. The molecule has 0 saturated heterocycles. The molecule has 5 nitrogen and oxygen atoms in total. The van der Waals surface area contributed by atoms with Gasteiger partial charge in [-0.15, -0.1) is 0 Å². The van der Waals surface area contributed by atoms with E-state index in [4.69, 9.17) is 4.74 Å². The fourth-order valence-corrected chi connectivity index (χ4v) is 3.60. The highest BCUT2D eigenvalue weighted by Gasteiger charge is 2.49. The number of carbonyl (C=O) groups excluding carboxylic acids is 4. The van der Waals surface area contributed by atoms with Crippen molar-refractivity contribution >= 4 is 33.9 Å². The van der Waals surface area contributed by atoms with Crippen LogP contribution in [-0.4, -0.2) is 30.2 Å². The molecule has 138 valence electrons. The van der Waals surface area contributed by atoms with Gasteiger partial charge in [-0.25, -0.2) is 0 Å². The lowest BCUT2D eigenvalue weighted by molar-refractivity contribution is -0.151. The van der Waals surface area contributed by atoms with Gasteiger partial charge in [0.15, 0.2) is 0 Å². The van der Waals surface area contributed by atoms with Crippen LogP contribution in [0, 0.1) is 0 Å². The van der Waals surface area contributed by atoms with Crippen LogP contribution in [0.3, 0.4) is 0 Å². The lowest BCUT2D eigenvalue weighted by Gasteiger charge is -2.24. The van der Waals surface area contributed by atoms with Crippen molar-refractivity contribution in [1.82, 2.24) is 0 Å². The van der Waals surface area contributed by atoms with Crippen molar-refractivity contribution in [2.75, 3.05) is 7.11 Å². The minimum atomic E-state index is -1.39. The number of fused-ring (bicyclic) bond motifs is 1. The van der Waals surface area contributed by atoms with Gasteiger partial charge in [-0.2, -0.15) is 0 Å². The Morgan fingerprint density at radius 3 is 1.68 bits per heavy atom. The van der Waals surface area contributed by atoms with E-state index < -0.39 is 35.0 Å². The Labute approximate surface area is 160 Å². The van der Waals surface area contributed by atoms with Crippen LogP contribution < -0.4 is 4.74 Å². The summed E-state index contributed by atoms with van der Waals surface area (Å²) in [5, 5.41) is 1.77. The second-order valence-corrected chi connectivity index (χ2v) is 6.70. The van der Waals surface area contributed by atoms with E-state index in [0.29, 0.717) is 16.9 Å². The van der Waals surface area contributed by atoms with E-state index >= 15 is 0 Å². The SMILES string of the molecule is COc1ccc(C2C(=O)C(=O)C(c3ccc4ccccc4c3)C(=O)C2=O)cc1. The van der Waals surface area contributed by atoms with Crippen molar-refractivity contribution in [3.8, 4) is 5.75 Å². The molecule has 0 atom stereocenters. The summed E-state index contributed by atoms with van der Waals surface area (Å²) in [6.07, 6.45) is 0. The minimum Gasteiger partial charge on any atom is -0.497 e. The number of ether oxygens (including phenoxy) is 1. The average Bonchev–Trinajstić information content (AvgIpc) is 2.73. The number of hydrogen-bond donors (Lipinski definition) is 0. The second-order valence-electron chi connectivity index (χ2n) is 6.70. The lowest BCUT2D eigenvalue weighted by atomic mass is 9.72. The summed E-state index contributed by atoms with van der Waals surface area (Å²) < 4.78 is 5.06. The molecule has 5 heteroatoms. The number of carbonyl (C=O) groups is 4. The standard InChI is InChI=1S/C23H16O5/c1-28-17-10-8-14(9-11-17)18-20(24)22(26)19(23(27)21(18)25)16-7-6-13-4-2-3-5-15(13)12-16/h2-12,18-19H,1H3. The molecule has 0 amide bonds. The van der Waals surface area contributed by atoms with Crippen molar-refractivity contribution in [3.05, 3.63) is 77.9 Å². The summed E-state index contributed by atoms with van der Waals surface area (Å²) in [5.41, 5.74) is 0.679.